The van der Waals surface area contributed by atoms with Gasteiger partial charge in [0.15, 0.2) is 0 Å². The highest BCUT2D eigenvalue weighted by atomic mass is 32.2. The third-order valence-corrected chi connectivity index (χ3v) is 4.19. The van der Waals surface area contributed by atoms with E-state index in [-0.39, 0.29) is 11.4 Å². The maximum absolute atomic E-state index is 13.5. The Morgan fingerprint density at radius 1 is 1.19 bits per heavy atom. The molecule has 0 fully saturated rings. The van der Waals surface area contributed by atoms with Gasteiger partial charge in [0.05, 0.1) is 4.92 Å². The summed E-state index contributed by atoms with van der Waals surface area (Å²) in [5.41, 5.74) is 0.305. The van der Waals surface area contributed by atoms with Crippen LogP contribution in [-0.2, 0) is 10.0 Å². The number of nitro groups is 1. The molecule has 110 valence electrons. The summed E-state index contributed by atoms with van der Waals surface area (Å²) in [5, 5.41) is 10.7. The third-order valence-electron chi connectivity index (χ3n) is 2.77. The molecule has 8 heteroatoms. The Balaban J connectivity index is 2.36. The molecule has 0 aliphatic rings. The first-order valence-electron chi connectivity index (χ1n) is 5.83. The van der Waals surface area contributed by atoms with Gasteiger partial charge in [-0.25, -0.2) is 12.8 Å². The minimum atomic E-state index is -4.09. The molecule has 6 nitrogen and oxygen atoms in total. The number of sulfonamides is 1. The van der Waals surface area contributed by atoms with E-state index in [1.807, 2.05) is 0 Å². The Labute approximate surface area is 120 Å². The molecule has 2 aromatic carbocycles. The van der Waals surface area contributed by atoms with Gasteiger partial charge in [-0.05, 0) is 31.2 Å². The Morgan fingerprint density at radius 2 is 1.86 bits per heavy atom. The van der Waals surface area contributed by atoms with Crippen LogP contribution in [0.5, 0.6) is 0 Å². The Morgan fingerprint density at radius 3 is 2.43 bits per heavy atom. The van der Waals surface area contributed by atoms with E-state index in [1.54, 1.807) is 0 Å². The zero-order chi connectivity index (χ0) is 15.6. The number of nitrogens with zero attached hydrogens (tertiary/aromatic N) is 1. The van der Waals surface area contributed by atoms with Crippen LogP contribution in [0.1, 0.15) is 5.56 Å². The van der Waals surface area contributed by atoms with Crippen LogP contribution in [0.2, 0.25) is 0 Å². The van der Waals surface area contributed by atoms with Crippen molar-refractivity contribution in [3.63, 3.8) is 0 Å². The summed E-state index contributed by atoms with van der Waals surface area (Å²) in [6.07, 6.45) is 0. The summed E-state index contributed by atoms with van der Waals surface area (Å²) in [6.45, 7) is 1.49. The van der Waals surface area contributed by atoms with Crippen LogP contribution in [0.15, 0.2) is 47.4 Å². The predicted molar refractivity (Wildman–Crippen MR) is 75.0 cm³/mol. The van der Waals surface area contributed by atoms with Crippen molar-refractivity contribution in [2.45, 2.75) is 11.8 Å². The van der Waals surface area contributed by atoms with Crippen molar-refractivity contribution in [2.24, 2.45) is 0 Å². The minimum absolute atomic E-state index is 0.121. The van der Waals surface area contributed by atoms with E-state index in [0.29, 0.717) is 5.56 Å². The van der Waals surface area contributed by atoms with Crippen molar-refractivity contribution in [3.05, 3.63) is 64.0 Å². The first-order chi connectivity index (χ1) is 9.81. The fourth-order valence-corrected chi connectivity index (χ4v) is 2.93. The average Bonchev–Trinajstić information content (AvgIpc) is 2.38. The summed E-state index contributed by atoms with van der Waals surface area (Å²) in [4.78, 5) is 9.65. The van der Waals surface area contributed by atoms with E-state index in [0.717, 1.165) is 12.1 Å². The first kappa shape index (κ1) is 14.9. The van der Waals surface area contributed by atoms with E-state index in [9.17, 15) is 22.9 Å². The second kappa shape index (κ2) is 5.49. The van der Waals surface area contributed by atoms with Crippen molar-refractivity contribution < 1.29 is 17.7 Å². The molecule has 0 saturated carbocycles. The molecule has 2 aromatic rings. The van der Waals surface area contributed by atoms with Crippen LogP contribution in [0.4, 0.5) is 15.8 Å². The number of benzene rings is 2. The number of halogens is 1. The predicted octanol–water partition coefficient (Wildman–Crippen LogP) is 2.84. The highest BCUT2D eigenvalue weighted by Crippen LogP contribution is 2.24. The first-order valence-corrected chi connectivity index (χ1v) is 7.32. The van der Waals surface area contributed by atoms with Crippen molar-refractivity contribution in [1.82, 2.24) is 0 Å². The van der Waals surface area contributed by atoms with Gasteiger partial charge in [-0.2, -0.15) is 0 Å². The van der Waals surface area contributed by atoms with Crippen LogP contribution >= 0.6 is 0 Å². The largest absolute Gasteiger partial charge is 0.280 e. The van der Waals surface area contributed by atoms with Crippen LogP contribution in [0, 0.1) is 22.9 Å². The summed E-state index contributed by atoms with van der Waals surface area (Å²) >= 11 is 0. The van der Waals surface area contributed by atoms with Crippen LogP contribution < -0.4 is 4.72 Å². The van der Waals surface area contributed by atoms with E-state index >= 15 is 0 Å². The van der Waals surface area contributed by atoms with Gasteiger partial charge >= 0.3 is 0 Å². The van der Waals surface area contributed by atoms with Gasteiger partial charge in [-0.3, -0.25) is 14.8 Å². The van der Waals surface area contributed by atoms with Crippen LogP contribution in [0.25, 0.3) is 0 Å². The lowest BCUT2D eigenvalue weighted by Gasteiger charge is -2.09. The number of rotatable bonds is 4. The van der Waals surface area contributed by atoms with E-state index in [1.165, 1.54) is 37.3 Å². The van der Waals surface area contributed by atoms with Gasteiger partial charge in [0.2, 0.25) is 0 Å². The number of anilines is 1. The molecular weight excluding hydrogens is 299 g/mol. The summed E-state index contributed by atoms with van der Waals surface area (Å²) in [7, 11) is -4.09. The topological polar surface area (TPSA) is 89.3 Å². The molecule has 2 rings (SSSR count). The molecule has 0 aliphatic carbocycles. The number of hydrogen-bond acceptors (Lipinski definition) is 4. The van der Waals surface area contributed by atoms with Gasteiger partial charge in [-0.15, -0.1) is 0 Å². The molecule has 0 aliphatic heterocycles. The molecule has 0 atom stereocenters. The van der Waals surface area contributed by atoms with Gasteiger partial charge < -0.3 is 0 Å². The maximum Gasteiger partial charge on any atom is 0.272 e. The molecule has 0 bridgehead atoms. The number of hydrogen-bond donors (Lipinski definition) is 1. The molecule has 21 heavy (non-hydrogen) atoms. The highest BCUT2D eigenvalue weighted by molar-refractivity contribution is 7.92. The van der Waals surface area contributed by atoms with E-state index in [4.69, 9.17) is 0 Å². The molecule has 0 heterocycles. The maximum atomic E-state index is 13.5. The monoisotopic (exact) mass is 310 g/mol. The SMILES string of the molecule is Cc1cc(NS(=O)(=O)c2ccccc2F)ccc1[N+](=O)[O-]. The summed E-state index contributed by atoms with van der Waals surface area (Å²) in [5.74, 6) is -0.872. The normalized spacial score (nSPS) is 11.1. The lowest BCUT2D eigenvalue weighted by Crippen LogP contribution is -2.14. The van der Waals surface area contributed by atoms with Crippen LogP contribution in [-0.4, -0.2) is 13.3 Å². The molecule has 0 aromatic heterocycles. The number of nitro benzene ring substituents is 1. The van der Waals surface area contributed by atoms with E-state index < -0.39 is 25.7 Å². The summed E-state index contributed by atoms with van der Waals surface area (Å²) < 4.78 is 39.9. The van der Waals surface area contributed by atoms with Gasteiger partial charge in [0, 0.05) is 17.3 Å². The average molecular weight is 310 g/mol. The molecular formula is C13H11FN2O4S. The van der Waals surface area contributed by atoms with Gasteiger partial charge in [-0.1, -0.05) is 12.1 Å². The minimum Gasteiger partial charge on any atom is -0.280 e. The molecule has 0 saturated heterocycles. The van der Waals surface area contributed by atoms with Gasteiger partial charge in [0.1, 0.15) is 10.7 Å². The lowest BCUT2D eigenvalue weighted by atomic mass is 10.2. The smallest absolute Gasteiger partial charge is 0.272 e. The molecule has 0 spiro atoms. The van der Waals surface area contributed by atoms with E-state index in [2.05, 4.69) is 4.72 Å². The van der Waals surface area contributed by atoms with Gasteiger partial charge in [0.25, 0.3) is 15.7 Å². The van der Waals surface area contributed by atoms with Crippen molar-refractivity contribution in [3.8, 4) is 0 Å². The molecule has 1 N–H and O–H groups in total. The lowest BCUT2D eigenvalue weighted by molar-refractivity contribution is -0.385. The molecule has 0 radical (unpaired) electrons. The van der Waals surface area contributed by atoms with Crippen molar-refractivity contribution in [2.75, 3.05) is 4.72 Å². The van der Waals surface area contributed by atoms with Crippen LogP contribution in [0.3, 0.4) is 0 Å². The number of nitrogens with one attached hydrogen (secondary N) is 1. The quantitative estimate of drug-likeness (QED) is 0.694. The standard InChI is InChI=1S/C13H11FN2O4S/c1-9-8-10(6-7-12(9)16(17)18)15-21(19,20)13-5-3-2-4-11(13)14/h2-8,15H,1H3. The second-order valence-electron chi connectivity index (χ2n) is 4.29. The Hall–Kier alpha value is -2.48. The molecule has 0 unspecified atom stereocenters. The van der Waals surface area contributed by atoms with Crippen molar-refractivity contribution >= 4 is 21.4 Å². The zero-order valence-corrected chi connectivity index (χ0v) is 11.7. The highest BCUT2D eigenvalue weighted by Gasteiger charge is 2.19. The number of aryl methyl sites for hydroxylation is 1. The Bertz CT molecular complexity index is 806. The molecule has 0 amide bonds. The van der Waals surface area contributed by atoms with Crippen molar-refractivity contribution in [1.29, 1.82) is 0 Å². The zero-order valence-electron chi connectivity index (χ0n) is 10.9. The second-order valence-corrected chi connectivity index (χ2v) is 5.95. The summed E-state index contributed by atoms with van der Waals surface area (Å²) in [6, 6.07) is 8.71. The fourth-order valence-electron chi connectivity index (χ4n) is 1.80. The fraction of sp³-hybridized carbons (Fsp3) is 0.0769. The Kier molecular flexibility index (Phi) is 3.90. The third kappa shape index (κ3) is 3.16.